The molecular formula is C19H24ClN5O. The summed E-state index contributed by atoms with van der Waals surface area (Å²) in [5, 5.41) is 8.01. The lowest BCUT2D eigenvalue weighted by atomic mass is 9.85. The highest BCUT2D eigenvalue weighted by Crippen LogP contribution is 2.34. The largest absolute Gasteiger partial charge is 0.328 e. The summed E-state index contributed by atoms with van der Waals surface area (Å²) in [5.74, 6) is 0.492. The first-order chi connectivity index (χ1) is 12.6. The van der Waals surface area contributed by atoms with Gasteiger partial charge in [-0.15, -0.1) is 0 Å². The molecule has 1 aliphatic heterocycles. The molecule has 0 radical (unpaired) electrons. The highest BCUT2D eigenvalue weighted by molar-refractivity contribution is 6.33. The SMILES string of the molecule is N[C@@H]1CCC[C@@H](C(=O)Nc2cc(-c3cnn4c3CCCC4)c(Cl)cn2)C1. The van der Waals surface area contributed by atoms with Gasteiger partial charge in [-0.3, -0.25) is 9.48 Å². The van der Waals surface area contributed by atoms with Crippen LogP contribution in [0.1, 0.15) is 44.2 Å². The van der Waals surface area contributed by atoms with Crippen LogP contribution in [0.4, 0.5) is 5.82 Å². The van der Waals surface area contributed by atoms with Crippen LogP contribution in [0.25, 0.3) is 11.1 Å². The van der Waals surface area contributed by atoms with Crippen molar-refractivity contribution in [3.05, 3.63) is 29.2 Å². The fourth-order valence-electron chi connectivity index (χ4n) is 4.05. The number of nitrogens with zero attached hydrogens (tertiary/aromatic N) is 3. The van der Waals surface area contributed by atoms with Gasteiger partial charge in [0.05, 0.1) is 11.2 Å². The summed E-state index contributed by atoms with van der Waals surface area (Å²) >= 11 is 6.41. The molecule has 0 bridgehead atoms. The van der Waals surface area contributed by atoms with Crippen LogP contribution in [-0.4, -0.2) is 26.7 Å². The Labute approximate surface area is 158 Å². The topological polar surface area (TPSA) is 85.8 Å². The standard InChI is InChI=1S/C19H24ClN5O/c20-16-11-22-18(24-19(26)12-4-3-5-13(21)8-12)9-14(16)15-10-23-25-7-2-1-6-17(15)25/h9-13H,1-8,21H2,(H,22,24,26)/t12-,13-/m1/s1. The molecule has 1 saturated carbocycles. The number of rotatable bonds is 3. The van der Waals surface area contributed by atoms with Crippen molar-refractivity contribution < 1.29 is 4.79 Å². The zero-order valence-electron chi connectivity index (χ0n) is 14.7. The average Bonchev–Trinajstić information content (AvgIpc) is 3.07. The minimum atomic E-state index is -0.0383. The molecule has 0 spiro atoms. The van der Waals surface area contributed by atoms with Crippen LogP contribution in [0.15, 0.2) is 18.5 Å². The quantitative estimate of drug-likeness (QED) is 0.863. The third-order valence-electron chi connectivity index (χ3n) is 5.46. The predicted octanol–water partition coefficient (Wildman–Crippen LogP) is 3.39. The number of hydrogen-bond acceptors (Lipinski definition) is 4. The van der Waals surface area contributed by atoms with Gasteiger partial charge in [0, 0.05) is 41.5 Å². The molecule has 3 N–H and O–H groups in total. The molecule has 1 fully saturated rings. The Morgan fingerprint density at radius 1 is 1.23 bits per heavy atom. The van der Waals surface area contributed by atoms with Crippen LogP contribution in [-0.2, 0) is 17.8 Å². The number of nitrogens with one attached hydrogen (secondary N) is 1. The molecule has 1 aliphatic carbocycles. The molecule has 2 aromatic rings. The van der Waals surface area contributed by atoms with E-state index in [1.807, 2.05) is 12.3 Å². The summed E-state index contributed by atoms with van der Waals surface area (Å²) in [6.07, 6.45) is 10.4. The zero-order chi connectivity index (χ0) is 18.1. The van der Waals surface area contributed by atoms with E-state index in [9.17, 15) is 4.79 Å². The van der Waals surface area contributed by atoms with Crippen molar-refractivity contribution in [2.75, 3.05) is 5.32 Å². The van der Waals surface area contributed by atoms with Gasteiger partial charge in [0.15, 0.2) is 0 Å². The molecule has 1 amide bonds. The second-order valence-corrected chi connectivity index (χ2v) is 7.75. The van der Waals surface area contributed by atoms with Crippen LogP contribution in [0.5, 0.6) is 0 Å². The fraction of sp³-hybridized carbons (Fsp3) is 0.526. The number of fused-ring (bicyclic) bond motifs is 1. The van der Waals surface area contributed by atoms with Gasteiger partial charge in [0.2, 0.25) is 5.91 Å². The lowest BCUT2D eigenvalue weighted by Gasteiger charge is -2.25. The molecule has 3 heterocycles. The average molecular weight is 374 g/mol. The van der Waals surface area contributed by atoms with Crippen molar-refractivity contribution in [2.24, 2.45) is 11.7 Å². The number of anilines is 1. The Balaban J connectivity index is 1.57. The van der Waals surface area contributed by atoms with Crippen LogP contribution in [0.3, 0.4) is 0 Å². The van der Waals surface area contributed by atoms with Gasteiger partial charge in [-0.05, 0) is 44.6 Å². The summed E-state index contributed by atoms with van der Waals surface area (Å²) in [7, 11) is 0. The van der Waals surface area contributed by atoms with E-state index >= 15 is 0 Å². The van der Waals surface area contributed by atoms with Gasteiger partial charge in [0.25, 0.3) is 0 Å². The second kappa shape index (κ2) is 7.37. The number of aryl methyl sites for hydroxylation is 1. The molecule has 2 aliphatic rings. The maximum absolute atomic E-state index is 12.6. The van der Waals surface area contributed by atoms with Gasteiger partial charge in [-0.25, -0.2) is 4.98 Å². The third kappa shape index (κ3) is 3.48. The number of pyridine rings is 1. The van der Waals surface area contributed by atoms with E-state index in [0.717, 1.165) is 62.6 Å². The molecule has 4 rings (SSSR count). The number of nitrogens with two attached hydrogens (primary N) is 1. The van der Waals surface area contributed by atoms with Crippen molar-refractivity contribution in [1.29, 1.82) is 0 Å². The molecule has 6 nitrogen and oxygen atoms in total. The molecule has 0 unspecified atom stereocenters. The van der Waals surface area contributed by atoms with Crippen molar-refractivity contribution in [3.63, 3.8) is 0 Å². The molecular weight excluding hydrogens is 350 g/mol. The number of carbonyl (C=O) groups excluding carboxylic acids is 1. The number of amides is 1. The Bertz CT molecular complexity index is 818. The normalized spacial score (nSPS) is 22.7. The molecule has 0 saturated heterocycles. The number of hydrogen-bond donors (Lipinski definition) is 2. The highest BCUT2D eigenvalue weighted by Gasteiger charge is 2.26. The highest BCUT2D eigenvalue weighted by atomic mass is 35.5. The first-order valence-electron chi connectivity index (χ1n) is 9.39. The summed E-state index contributed by atoms with van der Waals surface area (Å²) < 4.78 is 2.05. The Kier molecular flexibility index (Phi) is 4.96. The van der Waals surface area contributed by atoms with Crippen LogP contribution in [0.2, 0.25) is 5.02 Å². The van der Waals surface area contributed by atoms with E-state index in [0.29, 0.717) is 10.8 Å². The van der Waals surface area contributed by atoms with Gasteiger partial charge >= 0.3 is 0 Å². The van der Waals surface area contributed by atoms with E-state index in [1.165, 1.54) is 5.69 Å². The zero-order valence-corrected chi connectivity index (χ0v) is 15.5. The Morgan fingerprint density at radius 3 is 2.96 bits per heavy atom. The summed E-state index contributed by atoms with van der Waals surface area (Å²) in [6, 6.07) is 1.97. The number of halogens is 1. The van der Waals surface area contributed by atoms with Crippen molar-refractivity contribution >= 4 is 23.3 Å². The van der Waals surface area contributed by atoms with Crippen molar-refractivity contribution in [1.82, 2.24) is 14.8 Å². The molecule has 2 aromatic heterocycles. The van der Waals surface area contributed by atoms with E-state index in [4.69, 9.17) is 17.3 Å². The molecule has 0 aromatic carbocycles. The lowest BCUT2D eigenvalue weighted by molar-refractivity contribution is -0.120. The van der Waals surface area contributed by atoms with Crippen LogP contribution in [0, 0.1) is 5.92 Å². The predicted molar refractivity (Wildman–Crippen MR) is 102 cm³/mol. The maximum atomic E-state index is 12.6. The first-order valence-corrected chi connectivity index (χ1v) is 9.76. The second-order valence-electron chi connectivity index (χ2n) is 7.35. The minimum absolute atomic E-state index is 0.00189. The number of carbonyl (C=O) groups is 1. The fourth-order valence-corrected chi connectivity index (χ4v) is 4.26. The smallest absolute Gasteiger partial charge is 0.228 e. The summed E-state index contributed by atoms with van der Waals surface area (Å²) in [5.41, 5.74) is 9.13. The summed E-state index contributed by atoms with van der Waals surface area (Å²) in [6.45, 7) is 0.948. The van der Waals surface area contributed by atoms with Gasteiger partial charge in [0.1, 0.15) is 5.82 Å². The Morgan fingerprint density at radius 2 is 2.12 bits per heavy atom. The van der Waals surface area contributed by atoms with E-state index in [1.54, 1.807) is 6.20 Å². The lowest BCUT2D eigenvalue weighted by Crippen LogP contribution is -2.34. The Hall–Kier alpha value is -1.92. The van der Waals surface area contributed by atoms with E-state index < -0.39 is 0 Å². The van der Waals surface area contributed by atoms with Gasteiger partial charge < -0.3 is 11.1 Å². The van der Waals surface area contributed by atoms with E-state index in [2.05, 4.69) is 20.1 Å². The third-order valence-corrected chi connectivity index (χ3v) is 5.77. The summed E-state index contributed by atoms with van der Waals surface area (Å²) in [4.78, 5) is 16.9. The molecule has 26 heavy (non-hydrogen) atoms. The molecule has 138 valence electrons. The van der Waals surface area contributed by atoms with Gasteiger partial charge in [-0.2, -0.15) is 5.10 Å². The van der Waals surface area contributed by atoms with Crippen LogP contribution < -0.4 is 11.1 Å². The molecule has 2 atom stereocenters. The van der Waals surface area contributed by atoms with Crippen molar-refractivity contribution in [2.45, 2.75) is 57.5 Å². The maximum Gasteiger partial charge on any atom is 0.228 e. The minimum Gasteiger partial charge on any atom is -0.328 e. The van der Waals surface area contributed by atoms with E-state index in [-0.39, 0.29) is 17.9 Å². The van der Waals surface area contributed by atoms with Crippen LogP contribution >= 0.6 is 11.6 Å². The molecule has 7 heteroatoms. The number of aromatic nitrogens is 3. The monoisotopic (exact) mass is 373 g/mol. The van der Waals surface area contributed by atoms with Crippen molar-refractivity contribution in [3.8, 4) is 11.1 Å². The van der Waals surface area contributed by atoms with Gasteiger partial charge in [-0.1, -0.05) is 18.0 Å². The first kappa shape index (κ1) is 17.5.